The number of rotatable bonds is 5. The van der Waals surface area contributed by atoms with Gasteiger partial charge in [0.25, 0.3) is 5.91 Å². The highest BCUT2D eigenvalue weighted by molar-refractivity contribution is 6.09. The molecule has 9 heteroatoms. The maximum atomic E-state index is 13.3. The Balaban J connectivity index is 1.32. The first-order chi connectivity index (χ1) is 16.9. The van der Waals surface area contributed by atoms with E-state index in [2.05, 4.69) is 5.32 Å². The van der Waals surface area contributed by atoms with Crippen molar-refractivity contribution in [3.63, 3.8) is 0 Å². The number of nitrogens with zero attached hydrogens (tertiary/aromatic N) is 2. The summed E-state index contributed by atoms with van der Waals surface area (Å²) in [5, 5.41) is 2.76. The quantitative estimate of drug-likeness (QED) is 0.663. The predicted molar refractivity (Wildman–Crippen MR) is 126 cm³/mol. The number of urea groups is 1. The first-order valence-electron chi connectivity index (χ1n) is 11.9. The predicted octanol–water partition coefficient (Wildman–Crippen LogP) is 2.99. The van der Waals surface area contributed by atoms with Gasteiger partial charge in [-0.15, -0.1) is 0 Å². The number of methoxy groups -OCH3 is 1. The van der Waals surface area contributed by atoms with Crippen molar-refractivity contribution in [3.05, 3.63) is 53.6 Å². The van der Waals surface area contributed by atoms with Crippen LogP contribution in [0.1, 0.15) is 43.4 Å². The lowest BCUT2D eigenvalue weighted by atomic mass is 9.92. The number of amides is 4. The fourth-order valence-corrected chi connectivity index (χ4v) is 4.99. The van der Waals surface area contributed by atoms with Gasteiger partial charge in [0.2, 0.25) is 5.91 Å². The molecule has 2 fully saturated rings. The van der Waals surface area contributed by atoms with E-state index in [0.29, 0.717) is 42.6 Å². The largest absolute Gasteiger partial charge is 0.497 e. The van der Waals surface area contributed by atoms with Crippen molar-refractivity contribution in [1.29, 1.82) is 0 Å². The number of fused-ring (bicyclic) bond motifs is 1. The smallest absolute Gasteiger partial charge is 0.325 e. The van der Waals surface area contributed by atoms with Gasteiger partial charge >= 0.3 is 6.03 Å². The van der Waals surface area contributed by atoms with Crippen LogP contribution in [0.25, 0.3) is 0 Å². The van der Waals surface area contributed by atoms with Crippen LogP contribution >= 0.6 is 0 Å². The molecule has 0 aliphatic carbocycles. The molecule has 184 valence electrons. The Morgan fingerprint density at radius 3 is 2.57 bits per heavy atom. The van der Waals surface area contributed by atoms with Gasteiger partial charge in [-0.1, -0.05) is 18.2 Å². The summed E-state index contributed by atoms with van der Waals surface area (Å²) in [6, 6.07) is 12.0. The Labute approximate surface area is 203 Å². The summed E-state index contributed by atoms with van der Waals surface area (Å²) < 4.78 is 16.7. The van der Waals surface area contributed by atoms with Crippen LogP contribution in [0.5, 0.6) is 17.2 Å². The molecule has 0 aromatic heterocycles. The molecule has 3 aliphatic rings. The van der Waals surface area contributed by atoms with Crippen LogP contribution in [0.4, 0.5) is 4.79 Å². The number of hydrogen-bond donors (Lipinski definition) is 1. The van der Waals surface area contributed by atoms with Crippen LogP contribution in [-0.2, 0) is 15.1 Å². The number of ether oxygens (including phenoxy) is 3. The lowest BCUT2D eigenvalue weighted by molar-refractivity contribution is -0.139. The number of benzene rings is 2. The summed E-state index contributed by atoms with van der Waals surface area (Å²) in [5.41, 5.74) is 0.334. The van der Waals surface area contributed by atoms with E-state index in [1.807, 2.05) is 18.2 Å². The van der Waals surface area contributed by atoms with Gasteiger partial charge in [-0.05, 0) is 55.2 Å². The fourth-order valence-electron chi connectivity index (χ4n) is 4.99. The van der Waals surface area contributed by atoms with Gasteiger partial charge in [0, 0.05) is 13.0 Å². The van der Waals surface area contributed by atoms with Crippen LogP contribution in [0, 0.1) is 0 Å². The van der Waals surface area contributed by atoms with E-state index in [1.165, 1.54) is 0 Å². The number of carbonyl (C=O) groups is 3. The maximum Gasteiger partial charge on any atom is 0.325 e. The third kappa shape index (κ3) is 4.15. The first-order valence-corrected chi connectivity index (χ1v) is 11.9. The van der Waals surface area contributed by atoms with Gasteiger partial charge in [0.15, 0.2) is 11.5 Å². The van der Waals surface area contributed by atoms with Gasteiger partial charge < -0.3 is 24.4 Å². The van der Waals surface area contributed by atoms with Gasteiger partial charge in [0.1, 0.15) is 17.8 Å². The molecule has 2 aromatic carbocycles. The van der Waals surface area contributed by atoms with E-state index in [-0.39, 0.29) is 18.5 Å². The zero-order valence-corrected chi connectivity index (χ0v) is 19.9. The van der Waals surface area contributed by atoms with E-state index in [0.717, 1.165) is 29.7 Å². The zero-order valence-electron chi connectivity index (χ0n) is 19.9. The third-order valence-electron chi connectivity index (χ3n) is 6.97. The van der Waals surface area contributed by atoms with Crippen LogP contribution in [0.15, 0.2) is 42.5 Å². The van der Waals surface area contributed by atoms with E-state index in [1.54, 1.807) is 43.2 Å². The first kappa shape index (κ1) is 23.0. The maximum absolute atomic E-state index is 13.3. The summed E-state index contributed by atoms with van der Waals surface area (Å²) in [6.45, 7) is 3.11. The summed E-state index contributed by atoms with van der Waals surface area (Å²) in [6.07, 6.45) is 2.46. The van der Waals surface area contributed by atoms with Gasteiger partial charge in [-0.2, -0.15) is 0 Å². The van der Waals surface area contributed by atoms with Crippen LogP contribution in [-0.4, -0.2) is 61.1 Å². The molecule has 2 atom stereocenters. The highest BCUT2D eigenvalue weighted by Gasteiger charge is 2.50. The fraction of sp³-hybridized carbons (Fsp3) is 0.423. The number of hydrogen-bond acceptors (Lipinski definition) is 6. The number of nitrogens with one attached hydrogen (secondary N) is 1. The average Bonchev–Trinajstić information content (AvgIpc) is 3.34. The highest BCUT2D eigenvalue weighted by atomic mass is 16.5. The van der Waals surface area contributed by atoms with Crippen molar-refractivity contribution in [2.24, 2.45) is 0 Å². The Morgan fingerprint density at radius 2 is 1.83 bits per heavy atom. The minimum Gasteiger partial charge on any atom is -0.497 e. The number of likely N-dealkylation sites (tertiary alicyclic amines) is 1. The SMILES string of the molecule is COc1ccc([C@@]2(C)NC(=O)N(CC(=O)N3CCC[C@H]3c3ccc4c(c3)OCCCO4)C2=O)cc1. The number of imide groups is 1. The molecule has 2 saturated heterocycles. The molecule has 0 radical (unpaired) electrons. The molecular formula is C26H29N3O6. The minimum atomic E-state index is -1.25. The molecule has 3 heterocycles. The monoisotopic (exact) mass is 479 g/mol. The Kier molecular flexibility index (Phi) is 6.00. The second kappa shape index (κ2) is 9.13. The summed E-state index contributed by atoms with van der Waals surface area (Å²) in [4.78, 5) is 42.2. The second-order valence-electron chi connectivity index (χ2n) is 9.18. The zero-order chi connectivity index (χ0) is 24.6. The minimum absolute atomic E-state index is 0.145. The molecule has 0 bridgehead atoms. The highest BCUT2D eigenvalue weighted by Crippen LogP contribution is 2.38. The van der Waals surface area contributed by atoms with E-state index < -0.39 is 17.5 Å². The molecule has 4 amide bonds. The van der Waals surface area contributed by atoms with Crippen molar-refractivity contribution in [2.75, 3.05) is 33.4 Å². The summed E-state index contributed by atoms with van der Waals surface area (Å²) >= 11 is 0. The van der Waals surface area contributed by atoms with Crippen LogP contribution in [0.2, 0.25) is 0 Å². The van der Waals surface area contributed by atoms with E-state index in [9.17, 15) is 14.4 Å². The molecule has 0 unspecified atom stereocenters. The van der Waals surface area contributed by atoms with Crippen molar-refractivity contribution < 1.29 is 28.6 Å². The van der Waals surface area contributed by atoms with Gasteiger partial charge in [-0.3, -0.25) is 14.5 Å². The van der Waals surface area contributed by atoms with Crippen molar-refractivity contribution in [2.45, 2.75) is 37.8 Å². The van der Waals surface area contributed by atoms with Crippen LogP contribution in [0.3, 0.4) is 0 Å². The standard InChI is InChI=1S/C26H29N3O6/c1-26(18-7-9-19(33-2)10-8-18)24(31)29(25(32)27-26)16-23(30)28-12-3-5-20(28)17-6-11-21-22(15-17)35-14-4-13-34-21/h6-11,15,20H,3-5,12-14,16H2,1-2H3,(H,27,32)/t20-,26+/m0/s1. The lowest BCUT2D eigenvalue weighted by Crippen LogP contribution is -2.44. The molecule has 9 nitrogen and oxygen atoms in total. The third-order valence-corrected chi connectivity index (χ3v) is 6.97. The second-order valence-corrected chi connectivity index (χ2v) is 9.18. The normalized spacial score (nSPS) is 23.8. The molecule has 2 aromatic rings. The van der Waals surface area contributed by atoms with Crippen molar-refractivity contribution in [3.8, 4) is 17.2 Å². The van der Waals surface area contributed by atoms with Crippen molar-refractivity contribution in [1.82, 2.24) is 15.1 Å². The van der Waals surface area contributed by atoms with E-state index in [4.69, 9.17) is 14.2 Å². The molecule has 3 aliphatic heterocycles. The van der Waals surface area contributed by atoms with E-state index >= 15 is 0 Å². The lowest BCUT2D eigenvalue weighted by Gasteiger charge is -2.27. The van der Waals surface area contributed by atoms with Gasteiger partial charge in [0.05, 0.1) is 26.4 Å². The molecule has 0 spiro atoms. The molecule has 1 N–H and O–H groups in total. The molecular weight excluding hydrogens is 450 g/mol. The Morgan fingerprint density at radius 1 is 1.09 bits per heavy atom. The van der Waals surface area contributed by atoms with Crippen molar-refractivity contribution >= 4 is 17.8 Å². The molecule has 35 heavy (non-hydrogen) atoms. The summed E-state index contributed by atoms with van der Waals surface area (Å²) in [5.74, 6) is 1.33. The Hall–Kier alpha value is -3.75. The summed E-state index contributed by atoms with van der Waals surface area (Å²) in [7, 11) is 1.56. The van der Waals surface area contributed by atoms with Crippen LogP contribution < -0.4 is 19.5 Å². The Bertz CT molecular complexity index is 1150. The number of carbonyl (C=O) groups excluding carboxylic acids is 3. The van der Waals surface area contributed by atoms with Gasteiger partial charge in [-0.25, -0.2) is 4.79 Å². The molecule has 5 rings (SSSR count). The topological polar surface area (TPSA) is 97.4 Å². The average molecular weight is 480 g/mol. The molecule has 0 saturated carbocycles.